The van der Waals surface area contributed by atoms with Crippen molar-refractivity contribution in [2.75, 3.05) is 11.9 Å². The van der Waals surface area contributed by atoms with Gasteiger partial charge in [0.2, 0.25) is 6.41 Å². The normalized spacial score (nSPS) is 9.69. The molecule has 0 fully saturated rings. The highest BCUT2D eigenvalue weighted by Crippen LogP contribution is 2.24. The van der Waals surface area contributed by atoms with E-state index in [9.17, 15) is 14.0 Å². The molecule has 0 bridgehead atoms. The maximum absolute atomic E-state index is 13.2. The summed E-state index contributed by atoms with van der Waals surface area (Å²) in [7, 11) is 0. The lowest BCUT2D eigenvalue weighted by Gasteiger charge is -2.07. The lowest BCUT2D eigenvalue weighted by atomic mass is 10.2. The molecule has 0 spiro atoms. The zero-order chi connectivity index (χ0) is 12.1. The molecular weight excluding hydrogens is 237 g/mol. The Kier molecular flexibility index (Phi) is 4.25. The van der Waals surface area contributed by atoms with Crippen molar-refractivity contribution >= 4 is 29.7 Å². The van der Waals surface area contributed by atoms with Gasteiger partial charge in [-0.15, -0.1) is 0 Å². The Bertz CT molecular complexity index is 423. The summed E-state index contributed by atoms with van der Waals surface area (Å²) in [6.07, 6.45) is 0.307. The van der Waals surface area contributed by atoms with Gasteiger partial charge < -0.3 is 10.1 Å². The predicted octanol–water partition coefficient (Wildman–Crippen LogP) is 2.22. The summed E-state index contributed by atoms with van der Waals surface area (Å²) in [5.41, 5.74) is -0.114. The minimum Gasteiger partial charge on any atom is -0.462 e. The van der Waals surface area contributed by atoms with Gasteiger partial charge in [-0.1, -0.05) is 11.6 Å². The fourth-order valence-electron chi connectivity index (χ4n) is 1.09. The first kappa shape index (κ1) is 12.4. The number of carbonyl (C=O) groups excluding carboxylic acids is 2. The molecule has 0 aliphatic carbocycles. The van der Waals surface area contributed by atoms with E-state index in [0.29, 0.717) is 6.41 Å². The summed E-state index contributed by atoms with van der Waals surface area (Å²) in [6, 6.07) is 2.07. The number of hydrogen-bond acceptors (Lipinski definition) is 3. The number of nitrogens with one attached hydrogen (secondary N) is 1. The van der Waals surface area contributed by atoms with Gasteiger partial charge in [-0.3, -0.25) is 4.79 Å². The van der Waals surface area contributed by atoms with Crippen LogP contribution in [-0.2, 0) is 9.53 Å². The maximum atomic E-state index is 13.2. The number of anilines is 1. The van der Waals surface area contributed by atoms with Crippen molar-refractivity contribution in [3.05, 3.63) is 28.5 Å². The minimum atomic E-state index is -0.717. The average Bonchev–Trinajstić information content (AvgIpc) is 2.22. The number of benzene rings is 1. The zero-order valence-electron chi connectivity index (χ0n) is 8.42. The first-order valence-corrected chi connectivity index (χ1v) is 4.84. The van der Waals surface area contributed by atoms with Crippen molar-refractivity contribution in [3.8, 4) is 0 Å². The van der Waals surface area contributed by atoms with Crippen LogP contribution in [0.15, 0.2) is 12.1 Å². The summed E-state index contributed by atoms with van der Waals surface area (Å²) in [4.78, 5) is 21.6. The van der Waals surface area contributed by atoms with Crippen LogP contribution in [0.5, 0.6) is 0 Å². The van der Waals surface area contributed by atoms with E-state index in [1.54, 1.807) is 6.92 Å². The second-order valence-electron chi connectivity index (χ2n) is 2.79. The molecule has 1 rings (SSSR count). The second kappa shape index (κ2) is 5.46. The van der Waals surface area contributed by atoms with Crippen molar-refractivity contribution in [2.45, 2.75) is 6.92 Å². The van der Waals surface area contributed by atoms with Gasteiger partial charge in [0.25, 0.3) is 0 Å². The van der Waals surface area contributed by atoms with E-state index in [1.165, 1.54) is 0 Å². The quantitative estimate of drug-likeness (QED) is 0.654. The molecule has 1 N–H and O–H groups in total. The topological polar surface area (TPSA) is 55.4 Å². The molecule has 0 aromatic heterocycles. The standard InChI is InChI=1S/C10H9ClFNO3/c1-2-16-10(15)6-3-9(13-5-14)8(12)4-7(6)11/h3-5H,2H2,1H3,(H,13,14). The first-order valence-electron chi connectivity index (χ1n) is 4.46. The van der Waals surface area contributed by atoms with Gasteiger partial charge in [0, 0.05) is 0 Å². The molecule has 1 aromatic carbocycles. The lowest BCUT2D eigenvalue weighted by molar-refractivity contribution is -0.105. The third-order valence-electron chi connectivity index (χ3n) is 1.77. The van der Waals surface area contributed by atoms with Gasteiger partial charge in [0.15, 0.2) is 0 Å². The molecule has 0 aliphatic heterocycles. The van der Waals surface area contributed by atoms with Gasteiger partial charge >= 0.3 is 5.97 Å². The van der Waals surface area contributed by atoms with Gasteiger partial charge in [0.1, 0.15) is 5.82 Å². The molecule has 0 atom stereocenters. The summed E-state index contributed by atoms with van der Waals surface area (Å²) < 4.78 is 17.9. The van der Waals surface area contributed by atoms with Crippen molar-refractivity contribution in [1.29, 1.82) is 0 Å². The van der Waals surface area contributed by atoms with E-state index in [4.69, 9.17) is 16.3 Å². The fraction of sp³-hybridized carbons (Fsp3) is 0.200. The summed E-state index contributed by atoms with van der Waals surface area (Å²) in [5, 5.41) is 2.06. The van der Waals surface area contributed by atoms with Crippen LogP contribution in [0.4, 0.5) is 10.1 Å². The Hall–Kier alpha value is -1.62. The van der Waals surface area contributed by atoms with Crippen LogP contribution < -0.4 is 5.32 Å². The van der Waals surface area contributed by atoms with E-state index in [-0.39, 0.29) is 22.9 Å². The monoisotopic (exact) mass is 245 g/mol. The Labute approximate surface area is 96.3 Å². The number of esters is 1. The van der Waals surface area contributed by atoms with Crippen LogP contribution in [0.3, 0.4) is 0 Å². The minimum absolute atomic E-state index is 0.00858. The molecule has 0 heterocycles. The molecular formula is C10H9ClFNO3. The number of carbonyl (C=O) groups is 2. The van der Waals surface area contributed by atoms with Crippen LogP contribution >= 0.6 is 11.6 Å². The smallest absolute Gasteiger partial charge is 0.339 e. The largest absolute Gasteiger partial charge is 0.462 e. The van der Waals surface area contributed by atoms with Crippen LogP contribution in [0, 0.1) is 5.82 Å². The Balaban J connectivity index is 3.13. The summed E-state index contributed by atoms with van der Waals surface area (Å²) in [6.45, 7) is 1.82. The van der Waals surface area contributed by atoms with Gasteiger partial charge in [-0.05, 0) is 19.1 Å². The molecule has 1 aromatic rings. The number of amides is 1. The lowest BCUT2D eigenvalue weighted by Crippen LogP contribution is -2.07. The molecule has 4 nitrogen and oxygen atoms in total. The number of rotatable bonds is 4. The van der Waals surface area contributed by atoms with Gasteiger partial charge in [-0.25, -0.2) is 9.18 Å². The van der Waals surface area contributed by atoms with Crippen LogP contribution in [0.25, 0.3) is 0 Å². The van der Waals surface area contributed by atoms with Crippen LogP contribution in [0.2, 0.25) is 5.02 Å². The molecule has 0 saturated heterocycles. The van der Waals surface area contributed by atoms with E-state index >= 15 is 0 Å². The average molecular weight is 246 g/mol. The molecule has 1 amide bonds. The van der Waals surface area contributed by atoms with E-state index < -0.39 is 11.8 Å². The molecule has 0 saturated carbocycles. The highest BCUT2D eigenvalue weighted by Gasteiger charge is 2.15. The Morgan fingerprint density at radius 2 is 2.31 bits per heavy atom. The second-order valence-corrected chi connectivity index (χ2v) is 3.20. The maximum Gasteiger partial charge on any atom is 0.339 e. The third kappa shape index (κ3) is 2.70. The number of hydrogen-bond donors (Lipinski definition) is 1. The van der Waals surface area contributed by atoms with Gasteiger partial charge in [-0.2, -0.15) is 0 Å². The van der Waals surface area contributed by atoms with Crippen molar-refractivity contribution in [2.24, 2.45) is 0 Å². The van der Waals surface area contributed by atoms with E-state index in [2.05, 4.69) is 5.32 Å². The molecule has 16 heavy (non-hydrogen) atoms. The molecule has 0 unspecified atom stereocenters. The van der Waals surface area contributed by atoms with Crippen molar-refractivity contribution in [3.63, 3.8) is 0 Å². The Morgan fingerprint density at radius 3 is 2.88 bits per heavy atom. The van der Waals surface area contributed by atoms with E-state index in [0.717, 1.165) is 12.1 Å². The summed E-state index contributed by atoms with van der Waals surface area (Å²) in [5.74, 6) is -1.38. The molecule has 86 valence electrons. The highest BCUT2D eigenvalue weighted by molar-refractivity contribution is 6.33. The fourth-order valence-corrected chi connectivity index (χ4v) is 1.32. The summed E-state index contributed by atoms with van der Waals surface area (Å²) >= 11 is 5.68. The number of ether oxygens (including phenoxy) is 1. The molecule has 6 heteroatoms. The first-order chi connectivity index (χ1) is 7.60. The van der Waals surface area contributed by atoms with Crippen molar-refractivity contribution < 1.29 is 18.7 Å². The van der Waals surface area contributed by atoms with Crippen LogP contribution in [-0.4, -0.2) is 19.0 Å². The zero-order valence-corrected chi connectivity index (χ0v) is 9.18. The van der Waals surface area contributed by atoms with Gasteiger partial charge in [0.05, 0.1) is 22.9 Å². The molecule has 0 aliphatic rings. The SMILES string of the molecule is CCOC(=O)c1cc(NC=O)c(F)cc1Cl. The van der Waals surface area contributed by atoms with Crippen molar-refractivity contribution in [1.82, 2.24) is 0 Å². The third-order valence-corrected chi connectivity index (χ3v) is 2.08. The van der Waals surface area contributed by atoms with E-state index in [1.807, 2.05) is 0 Å². The highest BCUT2D eigenvalue weighted by atomic mass is 35.5. The number of halogens is 2. The predicted molar refractivity (Wildman–Crippen MR) is 57.1 cm³/mol. The molecule has 0 radical (unpaired) electrons. The van der Waals surface area contributed by atoms with Crippen LogP contribution in [0.1, 0.15) is 17.3 Å². The Morgan fingerprint density at radius 1 is 1.62 bits per heavy atom.